The van der Waals surface area contributed by atoms with E-state index in [4.69, 9.17) is 5.73 Å². The summed E-state index contributed by atoms with van der Waals surface area (Å²) in [6.45, 7) is 0.879. The first-order valence-electron chi connectivity index (χ1n) is 4.69. The Morgan fingerprint density at radius 3 is 3.00 bits per heavy atom. The summed E-state index contributed by atoms with van der Waals surface area (Å²) in [5.74, 6) is 2.53. The molecule has 0 bridgehead atoms. The van der Waals surface area contributed by atoms with E-state index >= 15 is 0 Å². The Morgan fingerprint density at radius 1 is 1.33 bits per heavy atom. The molecule has 0 unspecified atom stereocenters. The van der Waals surface area contributed by atoms with Crippen LogP contribution in [0.5, 0.6) is 0 Å². The molecule has 1 heteroatoms. The van der Waals surface area contributed by atoms with Crippen molar-refractivity contribution >= 4 is 0 Å². The van der Waals surface area contributed by atoms with Gasteiger partial charge in [-0.25, -0.2) is 0 Å². The number of hydrogen-bond donors (Lipinski definition) is 1. The molecule has 62 valence electrons. The van der Waals surface area contributed by atoms with Gasteiger partial charge in [-0.05, 0) is 41.8 Å². The molecular weight excluding hydrogens is 146 g/mol. The van der Waals surface area contributed by atoms with Gasteiger partial charge in [0.05, 0.1) is 0 Å². The van der Waals surface area contributed by atoms with E-state index in [0.717, 1.165) is 24.3 Å². The first kappa shape index (κ1) is 6.67. The molecule has 1 aromatic carbocycles. The fraction of sp³-hybridized carbons (Fsp3) is 0.455. The van der Waals surface area contributed by atoms with E-state index in [9.17, 15) is 0 Å². The van der Waals surface area contributed by atoms with E-state index in [1.807, 2.05) is 0 Å². The Bertz CT molecular complexity index is 319. The number of fused-ring (bicyclic) bond motifs is 3. The predicted octanol–water partition coefficient (Wildman–Crippen LogP) is 1.53. The maximum absolute atomic E-state index is 5.68. The number of nitrogens with two attached hydrogens (primary N) is 1. The Labute approximate surface area is 72.6 Å². The van der Waals surface area contributed by atoms with Gasteiger partial charge in [-0.2, -0.15) is 0 Å². The van der Waals surface area contributed by atoms with Crippen molar-refractivity contribution < 1.29 is 0 Å². The van der Waals surface area contributed by atoms with Crippen molar-refractivity contribution in [3.05, 3.63) is 35.4 Å². The van der Waals surface area contributed by atoms with Crippen LogP contribution in [-0.2, 0) is 6.42 Å². The first-order chi connectivity index (χ1) is 5.92. The van der Waals surface area contributed by atoms with E-state index in [2.05, 4.69) is 24.3 Å². The van der Waals surface area contributed by atoms with E-state index in [1.54, 1.807) is 11.1 Å². The van der Waals surface area contributed by atoms with Crippen molar-refractivity contribution in [2.75, 3.05) is 6.54 Å². The van der Waals surface area contributed by atoms with Gasteiger partial charge in [-0.3, -0.25) is 0 Å². The van der Waals surface area contributed by atoms with Crippen LogP contribution in [0.25, 0.3) is 0 Å². The summed E-state index contributed by atoms with van der Waals surface area (Å²) in [6.07, 6.45) is 1.28. The quantitative estimate of drug-likeness (QED) is 0.660. The zero-order valence-electron chi connectivity index (χ0n) is 7.03. The minimum absolute atomic E-state index is 0.805. The van der Waals surface area contributed by atoms with Gasteiger partial charge < -0.3 is 5.73 Å². The molecule has 1 saturated carbocycles. The maximum Gasteiger partial charge on any atom is -0.00399 e. The van der Waals surface area contributed by atoms with Crippen LogP contribution in [0, 0.1) is 11.8 Å². The summed E-state index contributed by atoms with van der Waals surface area (Å²) >= 11 is 0. The predicted molar refractivity (Wildman–Crippen MR) is 48.9 cm³/mol. The van der Waals surface area contributed by atoms with Gasteiger partial charge in [0.1, 0.15) is 0 Å². The second kappa shape index (κ2) is 2.11. The van der Waals surface area contributed by atoms with Gasteiger partial charge >= 0.3 is 0 Å². The maximum atomic E-state index is 5.68. The van der Waals surface area contributed by atoms with Crippen LogP contribution in [0.3, 0.4) is 0 Å². The van der Waals surface area contributed by atoms with Crippen molar-refractivity contribution in [3.63, 3.8) is 0 Å². The van der Waals surface area contributed by atoms with Crippen molar-refractivity contribution in [1.29, 1.82) is 0 Å². The minimum Gasteiger partial charge on any atom is -0.330 e. The van der Waals surface area contributed by atoms with E-state index in [1.165, 1.54) is 6.42 Å². The molecule has 0 amide bonds. The van der Waals surface area contributed by atoms with Crippen molar-refractivity contribution in [1.82, 2.24) is 0 Å². The Balaban J connectivity index is 2.00. The lowest BCUT2D eigenvalue weighted by Crippen LogP contribution is -2.06. The van der Waals surface area contributed by atoms with Gasteiger partial charge in [-0.15, -0.1) is 0 Å². The summed E-state index contributed by atoms with van der Waals surface area (Å²) in [5.41, 5.74) is 8.83. The van der Waals surface area contributed by atoms with Crippen molar-refractivity contribution in [2.24, 2.45) is 17.6 Å². The second-order valence-electron chi connectivity index (χ2n) is 3.99. The average molecular weight is 159 g/mol. The van der Waals surface area contributed by atoms with Crippen LogP contribution in [0.4, 0.5) is 0 Å². The van der Waals surface area contributed by atoms with Crippen LogP contribution in [-0.4, -0.2) is 6.54 Å². The Hall–Kier alpha value is -0.820. The first-order valence-corrected chi connectivity index (χ1v) is 4.69. The average Bonchev–Trinajstić information content (AvgIpc) is 2.68. The minimum atomic E-state index is 0.805. The van der Waals surface area contributed by atoms with Crippen LogP contribution >= 0.6 is 0 Å². The fourth-order valence-electron chi connectivity index (χ4n) is 2.81. The Morgan fingerprint density at radius 2 is 2.17 bits per heavy atom. The summed E-state index contributed by atoms with van der Waals surface area (Å²) in [7, 11) is 0. The van der Waals surface area contributed by atoms with Crippen LogP contribution in [0.2, 0.25) is 0 Å². The molecule has 0 aliphatic heterocycles. The van der Waals surface area contributed by atoms with E-state index in [0.29, 0.717) is 0 Å². The third-order valence-electron chi connectivity index (χ3n) is 3.47. The SMILES string of the molecule is NC[C@H]1[C@@H]2Cc3ccccc3[C@@H]12. The highest BCUT2D eigenvalue weighted by Gasteiger charge is 2.54. The lowest BCUT2D eigenvalue weighted by atomic mass is 10.0. The number of hydrogen-bond acceptors (Lipinski definition) is 1. The van der Waals surface area contributed by atoms with Crippen molar-refractivity contribution in [2.45, 2.75) is 12.3 Å². The summed E-state index contributed by atoms with van der Waals surface area (Å²) in [5, 5.41) is 0. The van der Waals surface area contributed by atoms with Gasteiger partial charge in [0.15, 0.2) is 0 Å². The van der Waals surface area contributed by atoms with Crippen LogP contribution in [0.1, 0.15) is 17.0 Å². The Kier molecular flexibility index (Phi) is 1.17. The molecule has 0 heterocycles. The van der Waals surface area contributed by atoms with Crippen LogP contribution < -0.4 is 5.73 Å². The smallest absolute Gasteiger partial charge is 0.00399 e. The molecule has 1 aromatic rings. The van der Waals surface area contributed by atoms with Crippen LogP contribution in [0.15, 0.2) is 24.3 Å². The molecule has 1 nitrogen and oxygen atoms in total. The lowest BCUT2D eigenvalue weighted by molar-refractivity contribution is 0.701. The normalized spacial score (nSPS) is 35.9. The summed E-state index contributed by atoms with van der Waals surface area (Å²) in [6, 6.07) is 8.82. The van der Waals surface area contributed by atoms with Crippen molar-refractivity contribution in [3.8, 4) is 0 Å². The molecule has 0 radical (unpaired) electrons. The lowest BCUT2D eigenvalue weighted by Gasteiger charge is -2.04. The molecule has 0 spiro atoms. The molecule has 2 N–H and O–H groups in total. The molecule has 0 aromatic heterocycles. The molecule has 0 saturated heterocycles. The topological polar surface area (TPSA) is 26.0 Å². The third-order valence-corrected chi connectivity index (χ3v) is 3.47. The van der Waals surface area contributed by atoms with Gasteiger partial charge in [0.2, 0.25) is 0 Å². The number of benzene rings is 1. The molecule has 1 fully saturated rings. The molecule has 3 atom stereocenters. The zero-order chi connectivity index (χ0) is 8.13. The van der Waals surface area contributed by atoms with E-state index < -0.39 is 0 Å². The standard InChI is InChI=1S/C11H13N/c12-6-10-9-5-7-3-1-2-4-8(7)11(9)10/h1-4,9-11H,5-6,12H2/t9-,10-,11+/m0/s1. The zero-order valence-corrected chi connectivity index (χ0v) is 7.03. The third kappa shape index (κ3) is 0.674. The molecule has 2 aliphatic rings. The summed E-state index contributed by atoms with van der Waals surface area (Å²) in [4.78, 5) is 0. The second-order valence-corrected chi connectivity index (χ2v) is 3.99. The van der Waals surface area contributed by atoms with Gasteiger partial charge in [-0.1, -0.05) is 24.3 Å². The highest BCUT2D eigenvalue weighted by atomic mass is 14.7. The summed E-state index contributed by atoms with van der Waals surface area (Å²) < 4.78 is 0. The molecular formula is C11H13N. The molecule has 3 rings (SSSR count). The monoisotopic (exact) mass is 159 g/mol. The number of rotatable bonds is 1. The van der Waals surface area contributed by atoms with E-state index in [-0.39, 0.29) is 0 Å². The fourth-order valence-corrected chi connectivity index (χ4v) is 2.81. The largest absolute Gasteiger partial charge is 0.330 e. The molecule has 2 aliphatic carbocycles. The highest BCUT2D eigenvalue weighted by molar-refractivity contribution is 5.43. The molecule has 12 heavy (non-hydrogen) atoms. The van der Waals surface area contributed by atoms with Gasteiger partial charge in [0, 0.05) is 0 Å². The van der Waals surface area contributed by atoms with Gasteiger partial charge in [0.25, 0.3) is 0 Å². The highest BCUT2D eigenvalue weighted by Crippen LogP contribution is 2.60.